The first-order valence-corrected chi connectivity index (χ1v) is 6.03. The van der Waals surface area contributed by atoms with Crippen LogP contribution in [0.25, 0.3) is 0 Å². The van der Waals surface area contributed by atoms with Gasteiger partial charge < -0.3 is 5.73 Å². The van der Waals surface area contributed by atoms with Crippen molar-refractivity contribution in [2.75, 3.05) is 0 Å². The molecule has 0 aliphatic rings. The van der Waals surface area contributed by atoms with Gasteiger partial charge in [-0.15, -0.1) is 0 Å². The molecule has 1 rings (SSSR count). The predicted molar refractivity (Wildman–Crippen MR) is 65.2 cm³/mol. The van der Waals surface area contributed by atoms with Crippen molar-refractivity contribution in [1.82, 2.24) is 0 Å². The Bertz CT molecular complexity index is 327. The van der Waals surface area contributed by atoms with E-state index in [0.717, 1.165) is 18.4 Å². The van der Waals surface area contributed by atoms with Crippen LogP contribution in [0.1, 0.15) is 25.8 Å². The lowest BCUT2D eigenvalue weighted by Crippen LogP contribution is -2.30. The van der Waals surface area contributed by atoms with E-state index in [1.54, 1.807) is 12.1 Å². The molecule has 0 aromatic heterocycles. The van der Waals surface area contributed by atoms with Crippen molar-refractivity contribution in [1.29, 1.82) is 0 Å². The Labute approximate surface area is 99.0 Å². The Kier molecular flexibility index (Phi) is 4.74. The van der Waals surface area contributed by atoms with E-state index in [1.807, 2.05) is 0 Å². The topological polar surface area (TPSA) is 26.0 Å². The first-order chi connectivity index (χ1) is 7.04. The van der Waals surface area contributed by atoms with Crippen LogP contribution in [0.2, 0.25) is 0 Å². The maximum absolute atomic E-state index is 13.0. The Morgan fingerprint density at radius 1 is 1.47 bits per heavy atom. The summed E-state index contributed by atoms with van der Waals surface area (Å²) in [5.74, 6) is 0.268. The zero-order valence-electron chi connectivity index (χ0n) is 9.13. The van der Waals surface area contributed by atoms with Gasteiger partial charge in [-0.1, -0.05) is 26.3 Å². The van der Waals surface area contributed by atoms with Gasteiger partial charge in [0.2, 0.25) is 0 Å². The molecule has 2 atom stereocenters. The SMILES string of the molecule is CCC(C)C(N)Cc1ccc(F)c(Br)c1. The highest BCUT2D eigenvalue weighted by Crippen LogP contribution is 2.19. The maximum atomic E-state index is 13.0. The standard InChI is InChI=1S/C12H17BrFN/c1-3-8(2)12(15)7-9-4-5-11(14)10(13)6-9/h4-6,8,12H,3,7,15H2,1-2H3. The lowest BCUT2D eigenvalue weighted by Gasteiger charge is -2.18. The quantitative estimate of drug-likeness (QED) is 0.893. The third-order valence-electron chi connectivity index (χ3n) is 2.83. The van der Waals surface area contributed by atoms with E-state index in [2.05, 4.69) is 29.8 Å². The molecule has 1 nitrogen and oxygen atoms in total. The predicted octanol–water partition coefficient (Wildman–Crippen LogP) is 3.50. The molecule has 1 aromatic carbocycles. The minimum atomic E-state index is -0.226. The van der Waals surface area contributed by atoms with Crippen LogP contribution in [-0.4, -0.2) is 6.04 Å². The fourth-order valence-corrected chi connectivity index (χ4v) is 1.87. The van der Waals surface area contributed by atoms with Gasteiger partial charge in [0.05, 0.1) is 4.47 Å². The lowest BCUT2D eigenvalue weighted by molar-refractivity contribution is 0.440. The number of hydrogen-bond acceptors (Lipinski definition) is 1. The summed E-state index contributed by atoms with van der Waals surface area (Å²) in [4.78, 5) is 0. The average Bonchev–Trinajstić information content (AvgIpc) is 2.22. The number of halogens is 2. The van der Waals surface area contributed by atoms with Crippen molar-refractivity contribution >= 4 is 15.9 Å². The van der Waals surface area contributed by atoms with Gasteiger partial charge in [0.15, 0.2) is 0 Å². The summed E-state index contributed by atoms with van der Waals surface area (Å²) in [6.07, 6.45) is 1.87. The molecule has 0 radical (unpaired) electrons. The van der Waals surface area contributed by atoms with Crippen LogP contribution in [-0.2, 0) is 6.42 Å². The molecule has 0 amide bonds. The van der Waals surface area contributed by atoms with Crippen molar-refractivity contribution in [3.63, 3.8) is 0 Å². The number of nitrogens with two attached hydrogens (primary N) is 1. The van der Waals surface area contributed by atoms with Crippen LogP contribution < -0.4 is 5.73 Å². The number of hydrogen-bond donors (Lipinski definition) is 1. The molecule has 3 heteroatoms. The van der Waals surface area contributed by atoms with Crippen LogP contribution in [0.3, 0.4) is 0 Å². The molecular formula is C12H17BrFN. The fraction of sp³-hybridized carbons (Fsp3) is 0.500. The van der Waals surface area contributed by atoms with Crippen LogP contribution >= 0.6 is 15.9 Å². The molecule has 0 saturated carbocycles. The van der Waals surface area contributed by atoms with Crippen molar-refractivity contribution in [2.24, 2.45) is 11.7 Å². The normalized spacial score (nSPS) is 15.0. The van der Waals surface area contributed by atoms with Gasteiger partial charge in [-0.25, -0.2) is 4.39 Å². The molecule has 0 heterocycles. The zero-order chi connectivity index (χ0) is 11.4. The lowest BCUT2D eigenvalue weighted by atomic mass is 9.94. The molecule has 0 fully saturated rings. The van der Waals surface area contributed by atoms with Crippen LogP contribution in [0, 0.1) is 11.7 Å². The fourth-order valence-electron chi connectivity index (χ4n) is 1.44. The first-order valence-electron chi connectivity index (χ1n) is 5.24. The Hall–Kier alpha value is -0.410. The van der Waals surface area contributed by atoms with E-state index < -0.39 is 0 Å². The van der Waals surface area contributed by atoms with E-state index in [9.17, 15) is 4.39 Å². The third-order valence-corrected chi connectivity index (χ3v) is 3.44. The summed E-state index contributed by atoms with van der Waals surface area (Å²) in [5.41, 5.74) is 7.12. The van der Waals surface area contributed by atoms with Gasteiger partial charge in [-0.3, -0.25) is 0 Å². The molecule has 0 saturated heterocycles. The van der Waals surface area contributed by atoms with Gasteiger partial charge in [0, 0.05) is 6.04 Å². The molecule has 0 aliphatic heterocycles. The molecule has 84 valence electrons. The number of benzene rings is 1. The summed E-state index contributed by atoms with van der Waals surface area (Å²) in [7, 11) is 0. The summed E-state index contributed by atoms with van der Waals surface area (Å²) in [5, 5.41) is 0. The van der Waals surface area contributed by atoms with Gasteiger partial charge in [-0.2, -0.15) is 0 Å². The highest BCUT2D eigenvalue weighted by molar-refractivity contribution is 9.10. The maximum Gasteiger partial charge on any atom is 0.137 e. The molecule has 2 N–H and O–H groups in total. The molecular weight excluding hydrogens is 257 g/mol. The number of rotatable bonds is 4. The van der Waals surface area contributed by atoms with Gasteiger partial charge in [-0.05, 0) is 46.0 Å². The van der Waals surface area contributed by atoms with Crippen molar-refractivity contribution < 1.29 is 4.39 Å². The van der Waals surface area contributed by atoms with E-state index in [1.165, 1.54) is 6.07 Å². The second kappa shape index (κ2) is 5.61. The highest BCUT2D eigenvalue weighted by atomic mass is 79.9. The van der Waals surface area contributed by atoms with Crippen molar-refractivity contribution in [2.45, 2.75) is 32.7 Å². The van der Waals surface area contributed by atoms with Crippen molar-refractivity contribution in [3.05, 3.63) is 34.1 Å². The summed E-state index contributed by atoms with van der Waals surface area (Å²) < 4.78 is 13.5. The molecule has 2 unspecified atom stereocenters. The Morgan fingerprint density at radius 3 is 2.67 bits per heavy atom. The van der Waals surface area contributed by atoms with Crippen molar-refractivity contribution in [3.8, 4) is 0 Å². The molecule has 0 bridgehead atoms. The highest BCUT2D eigenvalue weighted by Gasteiger charge is 2.12. The molecule has 15 heavy (non-hydrogen) atoms. The van der Waals surface area contributed by atoms with Crippen LogP contribution in [0.4, 0.5) is 4.39 Å². The summed E-state index contributed by atoms with van der Waals surface area (Å²) in [6.45, 7) is 4.27. The van der Waals surface area contributed by atoms with Crippen LogP contribution in [0.15, 0.2) is 22.7 Å². The largest absolute Gasteiger partial charge is 0.327 e. The van der Waals surface area contributed by atoms with Gasteiger partial charge in [0.1, 0.15) is 5.82 Å². The third kappa shape index (κ3) is 3.58. The van der Waals surface area contributed by atoms with E-state index in [0.29, 0.717) is 10.4 Å². The smallest absolute Gasteiger partial charge is 0.137 e. The van der Waals surface area contributed by atoms with E-state index >= 15 is 0 Å². The monoisotopic (exact) mass is 273 g/mol. The second-order valence-corrected chi connectivity index (χ2v) is 4.86. The average molecular weight is 274 g/mol. The van der Waals surface area contributed by atoms with Crippen LogP contribution in [0.5, 0.6) is 0 Å². The van der Waals surface area contributed by atoms with Gasteiger partial charge in [0.25, 0.3) is 0 Å². The molecule has 0 spiro atoms. The first kappa shape index (κ1) is 12.7. The summed E-state index contributed by atoms with van der Waals surface area (Å²) >= 11 is 3.17. The van der Waals surface area contributed by atoms with Gasteiger partial charge >= 0.3 is 0 Å². The Balaban J connectivity index is 2.68. The minimum absolute atomic E-state index is 0.146. The zero-order valence-corrected chi connectivity index (χ0v) is 10.7. The Morgan fingerprint density at radius 2 is 2.13 bits per heavy atom. The molecule has 1 aromatic rings. The van der Waals surface area contributed by atoms with E-state index in [-0.39, 0.29) is 11.9 Å². The minimum Gasteiger partial charge on any atom is -0.327 e. The second-order valence-electron chi connectivity index (χ2n) is 4.00. The summed E-state index contributed by atoms with van der Waals surface area (Å²) in [6, 6.07) is 5.22. The molecule has 0 aliphatic carbocycles. The van der Waals surface area contributed by atoms with E-state index in [4.69, 9.17) is 5.73 Å².